The zero-order valence-electron chi connectivity index (χ0n) is 14.4. The summed E-state index contributed by atoms with van der Waals surface area (Å²) in [6.45, 7) is 4.36. The van der Waals surface area contributed by atoms with E-state index in [-0.39, 0.29) is 5.91 Å². The highest BCUT2D eigenvalue weighted by Crippen LogP contribution is 2.26. The van der Waals surface area contributed by atoms with Crippen molar-refractivity contribution < 1.29 is 14.3 Å². The third-order valence-electron chi connectivity index (χ3n) is 3.79. The second kappa shape index (κ2) is 7.88. The van der Waals surface area contributed by atoms with Crippen LogP contribution in [0.4, 0.5) is 0 Å². The Labute approximate surface area is 163 Å². The van der Waals surface area contributed by atoms with E-state index in [4.69, 9.17) is 9.47 Å². The second-order valence-electron chi connectivity index (χ2n) is 5.38. The van der Waals surface area contributed by atoms with Crippen molar-refractivity contribution in [3.05, 3.63) is 63.9 Å². The molecular weight excluding hydrogens is 416 g/mol. The van der Waals surface area contributed by atoms with Crippen molar-refractivity contribution in [2.24, 2.45) is 4.99 Å². The summed E-state index contributed by atoms with van der Waals surface area (Å²) in [4.78, 5) is 17.7. The van der Waals surface area contributed by atoms with Gasteiger partial charge in [-0.1, -0.05) is 33.3 Å². The number of fused-ring (bicyclic) bond motifs is 1. The molecule has 0 spiro atoms. The van der Waals surface area contributed by atoms with Crippen molar-refractivity contribution in [2.45, 2.75) is 6.54 Å². The standard InChI is InChI=1S/C19H17BrN2O3S/c1-4-9-22-15-8-5-12(20)10-17(15)26-19(22)21-18(23)14-7-6-13(24-2)11-16(14)25-3/h4-8,10-11H,1,9H2,2-3H3. The zero-order valence-corrected chi connectivity index (χ0v) is 16.8. The van der Waals surface area contributed by atoms with Crippen LogP contribution in [0.2, 0.25) is 0 Å². The van der Waals surface area contributed by atoms with Gasteiger partial charge in [0.25, 0.3) is 5.91 Å². The molecule has 134 valence electrons. The smallest absolute Gasteiger partial charge is 0.283 e. The molecular formula is C19H17BrN2O3S. The third-order valence-corrected chi connectivity index (χ3v) is 5.33. The summed E-state index contributed by atoms with van der Waals surface area (Å²) in [5.41, 5.74) is 1.39. The lowest BCUT2D eigenvalue weighted by molar-refractivity contribution is 0.0995. The molecule has 0 atom stereocenters. The topological polar surface area (TPSA) is 52.8 Å². The number of thiazole rings is 1. The van der Waals surface area contributed by atoms with E-state index in [1.54, 1.807) is 31.4 Å². The zero-order chi connectivity index (χ0) is 18.7. The number of benzene rings is 2. The van der Waals surface area contributed by atoms with Gasteiger partial charge in [-0.05, 0) is 30.3 Å². The first kappa shape index (κ1) is 18.4. The van der Waals surface area contributed by atoms with Gasteiger partial charge in [0.2, 0.25) is 0 Å². The quantitative estimate of drug-likeness (QED) is 0.561. The van der Waals surface area contributed by atoms with E-state index in [1.807, 2.05) is 22.8 Å². The summed E-state index contributed by atoms with van der Waals surface area (Å²) in [6, 6.07) is 11.0. The lowest BCUT2D eigenvalue weighted by atomic mass is 10.2. The Balaban J connectivity index is 2.13. The molecule has 0 unspecified atom stereocenters. The first-order valence-electron chi connectivity index (χ1n) is 7.78. The van der Waals surface area contributed by atoms with Gasteiger partial charge in [0.05, 0.1) is 30.0 Å². The molecule has 2 aromatic carbocycles. The van der Waals surface area contributed by atoms with Crippen LogP contribution in [0.5, 0.6) is 11.5 Å². The summed E-state index contributed by atoms with van der Waals surface area (Å²) in [7, 11) is 3.08. The molecule has 3 aromatic rings. The Hall–Kier alpha value is -2.38. The third kappa shape index (κ3) is 3.59. The molecule has 0 saturated carbocycles. The minimum absolute atomic E-state index is 0.368. The van der Waals surface area contributed by atoms with Crippen molar-refractivity contribution >= 4 is 43.4 Å². The molecule has 1 heterocycles. The molecule has 0 bridgehead atoms. The SMILES string of the molecule is C=CCn1c(=NC(=O)c2ccc(OC)cc2OC)sc2cc(Br)ccc21. The van der Waals surface area contributed by atoms with Crippen molar-refractivity contribution in [1.82, 2.24) is 4.57 Å². The number of ether oxygens (including phenoxy) is 2. The summed E-state index contributed by atoms with van der Waals surface area (Å²) < 4.78 is 14.5. The normalized spacial score (nSPS) is 11.6. The molecule has 0 fully saturated rings. The highest BCUT2D eigenvalue weighted by Gasteiger charge is 2.14. The van der Waals surface area contributed by atoms with Gasteiger partial charge in [0, 0.05) is 17.1 Å². The fourth-order valence-electron chi connectivity index (χ4n) is 2.56. The van der Waals surface area contributed by atoms with Crippen molar-refractivity contribution in [3.63, 3.8) is 0 Å². The first-order valence-corrected chi connectivity index (χ1v) is 9.39. The Morgan fingerprint density at radius 1 is 1.27 bits per heavy atom. The molecule has 0 aliphatic heterocycles. The predicted molar refractivity (Wildman–Crippen MR) is 107 cm³/mol. The minimum Gasteiger partial charge on any atom is -0.497 e. The maximum Gasteiger partial charge on any atom is 0.283 e. The molecule has 26 heavy (non-hydrogen) atoms. The molecule has 0 radical (unpaired) electrons. The Morgan fingerprint density at radius 2 is 2.08 bits per heavy atom. The molecule has 7 heteroatoms. The number of methoxy groups -OCH3 is 2. The molecule has 0 N–H and O–H groups in total. The van der Waals surface area contributed by atoms with Gasteiger partial charge in [-0.25, -0.2) is 0 Å². The number of amides is 1. The van der Waals surface area contributed by atoms with E-state index < -0.39 is 0 Å². The van der Waals surface area contributed by atoms with E-state index in [1.165, 1.54) is 18.4 Å². The molecule has 0 aliphatic rings. The van der Waals surface area contributed by atoms with Gasteiger partial charge in [-0.15, -0.1) is 6.58 Å². The highest BCUT2D eigenvalue weighted by atomic mass is 79.9. The van der Waals surface area contributed by atoms with Crippen LogP contribution in [0.1, 0.15) is 10.4 Å². The summed E-state index contributed by atoms with van der Waals surface area (Å²) in [6.07, 6.45) is 1.78. The van der Waals surface area contributed by atoms with Crippen molar-refractivity contribution in [1.29, 1.82) is 0 Å². The van der Waals surface area contributed by atoms with Crippen molar-refractivity contribution in [3.8, 4) is 11.5 Å². The number of allylic oxidation sites excluding steroid dienone is 1. The van der Waals surface area contributed by atoms with Crippen LogP contribution >= 0.6 is 27.3 Å². The van der Waals surface area contributed by atoms with Gasteiger partial charge in [0.15, 0.2) is 4.80 Å². The van der Waals surface area contributed by atoms with Crippen LogP contribution in [0, 0.1) is 0 Å². The van der Waals surface area contributed by atoms with Crippen LogP contribution in [-0.4, -0.2) is 24.7 Å². The number of nitrogens with zero attached hydrogens (tertiary/aromatic N) is 2. The van der Waals surface area contributed by atoms with Gasteiger partial charge < -0.3 is 14.0 Å². The monoisotopic (exact) mass is 432 g/mol. The minimum atomic E-state index is -0.368. The van der Waals surface area contributed by atoms with Crippen LogP contribution in [0.3, 0.4) is 0 Å². The van der Waals surface area contributed by atoms with Gasteiger partial charge in [-0.3, -0.25) is 4.79 Å². The average Bonchev–Trinajstić information content (AvgIpc) is 2.97. The fraction of sp³-hybridized carbons (Fsp3) is 0.158. The van der Waals surface area contributed by atoms with E-state index in [0.717, 1.165) is 14.7 Å². The van der Waals surface area contributed by atoms with Crippen molar-refractivity contribution in [2.75, 3.05) is 14.2 Å². The Bertz CT molecular complexity index is 1050. The molecule has 5 nitrogen and oxygen atoms in total. The van der Waals surface area contributed by atoms with E-state index >= 15 is 0 Å². The lowest BCUT2D eigenvalue weighted by Gasteiger charge is -2.07. The van der Waals surface area contributed by atoms with E-state index in [2.05, 4.69) is 27.5 Å². The number of hydrogen-bond donors (Lipinski definition) is 0. The Morgan fingerprint density at radius 3 is 2.77 bits per heavy atom. The van der Waals surface area contributed by atoms with Crippen LogP contribution in [0.25, 0.3) is 10.2 Å². The van der Waals surface area contributed by atoms with Gasteiger partial charge in [0.1, 0.15) is 11.5 Å². The second-order valence-corrected chi connectivity index (χ2v) is 7.30. The van der Waals surface area contributed by atoms with Crippen LogP contribution in [0.15, 0.2) is 58.5 Å². The number of rotatable bonds is 5. The van der Waals surface area contributed by atoms with E-state index in [0.29, 0.717) is 28.4 Å². The summed E-state index contributed by atoms with van der Waals surface area (Å²) in [5, 5.41) is 0. The number of carbonyl (C=O) groups is 1. The van der Waals surface area contributed by atoms with Gasteiger partial charge in [-0.2, -0.15) is 4.99 Å². The maximum absolute atomic E-state index is 12.8. The average molecular weight is 433 g/mol. The first-order chi connectivity index (χ1) is 12.6. The number of halogens is 1. The highest BCUT2D eigenvalue weighted by molar-refractivity contribution is 9.10. The predicted octanol–water partition coefficient (Wildman–Crippen LogP) is 4.41. The number of carbonyl (C=O) groups excluding carboxylic acids is 1. The Kier molecular flexibility index (Phi) is 5.58. The molecule has 0 saturated heterocycles. The van der Waals surface area contributed by atoms with Crippen LogP contribution in [-0.2, 0) is 6.54 Å². The number of aromatic nitrogens is 1. The molecule has 1 amide bonds. The summed E-state index contributed by atoms with van der Waals surface area (Å²) >= 11 is 4.93. The fourth-order valence-corrected chi connectivity index (χ4v) is 4.15. The van der Waals surface area contributed by atoms with E-state index in [9.17, 15) is 4.79 Å². The van der Waals surface area contributed by atoms with Crippen LogP contribution < -0.4 is 14.3 Å². The number of hydrogen-bond acceptors (Lipinski definition) is 4. The van der Waals surface area contributed by atoms with Gasteiger partial charge >= 0.3 is 0 Å². The maximum atomic E-state index is 12.8. The largest absolute Gasteiger partial charge is 0.497 e. The summed E-state index contributed by atoms with van der Waals surface area (Å²) in [5.74, 6) is 0.678. The molecule has 1 aromatic heterocycles. The molecule has 3 rings (SSSR count). The lowest BCUT2D eigenvalue weighted by Crippen LogP contribution is -2.16. The molecule has 0 aliphatic carbocycles.